The Labute approximate surface area is 112 Å². The van der Waals surface area contributed by atoms with Gasteiger partial charge < -0.3 is 15.7 Å². The highest BCUT2D eigenvalue weighted by atomic mass is 16.3. The predicted molar refractivity (Wildman–Crippen MR) is 76.4 cm³/mol. The highest BCUT2D eigenvalue weighted by Crippen LogP contribution is 2.26. The van der Waals surface area contributed by atoms with Crippen LogP contribution in [0.3, 0.4) is 0 Å². The first-order valence-corrected chi connectivity index (χ1v) is 6.75. The Balaban J connectivity index is 1.90. The van der Waals surface area contributed by atoms with Gasteiger partial charge in [0.05, 0.1) is 5.52 Å². The summed E-state index contributed by atoms with van der Waals surface area (Å²) in [5.41, 5.74) is 0.937. The van der Waals surface area contributed by atoms with Crippen molar-refractivity contribution in [3.8, 4) is 0 Å². The fourth-order valence-corrected chi connectivity index (χ4v) is 1.97. The van der Waals surface area contributed by atoms with Crippen molar-refractivity contribution < 1.29 is 5.11 Å². The predicted octanol–water partition coefficient (Wildman–Crippen LogP) is 2.00. The van der Waals surface area contributed by atoms with E-state index in [1.807, 2.05) is 24.3 Å². The summed E-state index contributed by atoms with van der Waals surface area (Å²) < 4.78 is 0. The second-order valence-electron chi connectivity index (χ2n) is 4.84. The molecule has 1 fully saturated rings. The zero-order valence-electron chi connectivity index (χ0n) is 10.8. The average Bonchev–Trinajstić information content (AvgIpc) is 3.23. The summed E-state index contributed by atoms with van der Waals surface area (Å²) in [5, 5.41) is 16.5. The highest BCUT2D eigenvalue weighted by Gasteiger charge is 2.22. The molecular weight excluding hydrogens is 240 g/mol. The fourth-order valence-electron chi connectivity index (χ4n) is 1.97. The van der Waals surface area contributed by atoms with Crippen LogP contribution in [0.2, 0.25) is 0 Å². The van der Waals surface area contributed by atoms with Gasteiger partial charge in [0.25, 0.3) is 0 Å². The maximum absolute atomic E-state index is 8.85. The summed E-state index contributed by atoms with van der Waals surface area (Å²) in [4.78, 5) is 9.07. The van der Waals surface area contributed by atoms with Crippen LogP contribution in [0.1, 0.15) is 19.3 Å². The molecule has 1 aliphatic carbocycles. The Bertz CT molecular complexity index is 568. The number of rotatable bonds is 6. The van der Waals surface area contributed by atoms with E-state index >= 15 is 0 Å². The monoisotopic (exact) mass is 258 g/mol. The standard InChI is InChI=1S/C14H18N4O/c19-9-3-8-15-13-11-4-1-2-5-12(11)17-14(18-13)16-10-6-7-10/h1-2,4-5,10,19H,3,6-9H2,(H2,15,16,17,18). The summed E-state index contributed by atoms with van der Waals surface area (Å²) >= 11 is 0. The van der Waals surface area contributed by atoms with E-state index < -0.39 is 0 Å². The number of para-hydroxylation sites is 1. The summed E-state index contributed by atoms with van der Waals surface area (Å²) in [6, 6.07) is 8.50. The van der Waals surface area contributed by atoms with E-state index in [9.17, 15) is 0 Å². The third-order valence-electron chi connectivity index (χ3n) is 3.14. The first-order valence-electron chi connectivity index (χ1n) is 6.75. The Morgan fingerprint density at radius 3 is 2.84 bits per heavy atom. The van der Waals surface area contributed by atoms with Crippen LogP contribution >= 0.6 is 0 Å². The number of nitrogens with zero attached hydrogens (tertiary/aromatic N) is 2. The number of aromatic nitrogens is 2. The molecule has 19 heavy (non-hydrogen) atoms. The lowest BCUT2D eigenvalue weighted by atomic mass is 10.2. The molecule has 0 amide bonds. The van der Waals surface area contributed by atoms with Crippen LogP contribution < -0.4 is 10.6 Å². The summed E-state index contributed by atoms with van der Waals surface area (Å²) in [6.07, 6.45) is 3.11. The first kappa shape index (κ1) is 12.2. The molecule has 1 aliphatic rings. The van der Waals surface area contributed by atoms with Crippen LogP contribution in [-0.2, 0) is 0 Å². The average molecular weight is 258 g/mol. The van der Waals surface area contributed by atoms with Gasteiger partial charge in [0.1, 0.15) is 5.82 Å². The molecule has 5 heteroatoms. The van der Waals surface area contributed by atoms with E-state index in [1.54, 1.807) is 0 Å². The highest BCUT2D eigenvalue weighted by molar-refractivity contribution is 5.90. The number of anilines is 2. The minimum absolute atomic E-state index is 0.184. The molecule has 3 rings (SSSR count). The van der Waals surface area contributed by atoms with Crippen LogP contribution in [0.4, 0.5) is 11.8 Å². The summed E-state index contributed by atoms with van der Waals surface area (Å²) in [6.45, 7) is 0.892. The number of benzene rings is 1. The molecule has 0 bridgehead atoms. The molecule has 0 saturated heterocycles. The molecule has 0 atom stereocenters. The van der Waals surface area contributed by atoms with Crippen molar-refractivity contribution in [2.75, 3.05) is 23.8 Å². The Hall–Kier alpha value is -1.88. The van der Waals surface area contributed by atoms with Crippen LogP contribution in [0.5, 0.6) is 0 Å². The van der Waals surface area contributed by atoms with Crippen LogP contribution in [0.15, 0.2) is 24.3 Å². The molecule has 0 unspecified atom stereocenters. The largest absolute Gasteiger partial charge is 0.396 e. The molecule has 1 saturated carbocycles. The lowest BCUT2D eigenvalue weighted by Gasteiger charge is -2.11. The van der Waals surface area contributed by atoms with E-state index in [1.165, 1.54) is 12.8 Å². The van der Waals surface area contributed by atoms with Gasteiger partial charge in [-0.05, 0) is 31.4 Å². The smallest absolute Gasteiger partial charge is 0.225 e. The molecule has 0 spiro atoms. The molecule has 1 aromatic carbocycles. The maximum atomic E-state index is 8.85. The zero-order valence-corrected chi connectivity index (χ0v) is 10.8. The topological polar surface area (TPSA) is 70.1 Å². The van der Waals surface area contributed by atoms with Crippen molar-refractivity contribution in [1.82, 2.24) is 9.97 Å². The van der Waals surface area contributed by atoms with Crippen molar-refractivity contribution in [2.45, 2.75) is 25.3 Å². The third-order valence-corrected chi connectivity index (χ3v) is 3.14. The molecule has 1 aromatic heterocycles. The van der Waals surface area contributed by atoms with Crippen LogP contribution in [-0.4, -0.2) is 34.3 Å². The third kappa shape index (κ3) is 2.93. The minimum atomic E-state index is 0.184. The molecule has 3 N–H and O–H groups in total. The second kappa shape index (κ2) is 5.40. The van der Waals surface area contributed by atoms with E-state index in [0.29, 0.717) is 25.0 Å². The van der Waals surface area contributed by atoms with Crippen molar-refractivity contribution >= 4 is 22.7 Å². The minimum Gasteiger partial charge on any atom is -0.396 e. The molecule has 0 aliphatic heterocycles. The van der Waals surface area contributed by atoms with Gasteiger partial charge >= 0.3 is 0 Å². The van der Waals surface area contributed by atoms with Crippen LogP contribution in [0, 0.1) is 0 Å². The van der Waals surface area contributed by atoms with Gasteiger partial charge in [-0.3, -0.25) is 0 Å². The van der Waals surface area contributed by atoms with Crippen molar-refractivity contribution in [3.05, 3.63) is 24.3 Å². The van der Waals surface area contributed by atoms with Crippen LogP contribution in [0.25, 0.3) is 10.9 Å². The van der Waals surface area contributed by atoms with E-state index in [4.69, 9.17) is 5.11 Å². The number of fused-ring (bicyclic) bond motifs is 1. The molecule has 1 heterocycles. The van der Waals surface area contributed by atoms with Gasteiger partial charge in [-0.1, -0.05) is 12.1 Å². The Morgan fingerprint density at radius 2 is 2.05 bits per heavy atom. The van der Waals surface area contributed by atoms with Gasteiger partial charge in [0, 0.05) is 24.6 Å². The number of hydrogen-bond acceptors (Lipinski definition) is 5. The molecule has 5 nitrogen and oxygen atoms in total. The zero-order chi connectivity index (χ0) is 13.1. The molecular formula is C14H18N4O. The fraction of sp³-hybridized carbons (Fsp3) is 0.429. The Morgan fingerprint density at radius 1 is 1.21 bits per heavy atom. The first-order chi connectivity index (χ1) is 9.36. The number of aliphatic hydroxyl groups is 1. The molecule has 2 aromatic rings. The van der Waals surface area contributed by atoms with E-state index in [0.717, 1.165) is 16.7 Å². The van der Waals surface area contributed by atoms with Gasteiger partial charge in [-0.15, -0.1) is 0 Å². The van der Waals surface area contributed by atoms with E-state index in [2.05, 4.69) is 20.6 Å². The van der Waals surface area contributed by atoms with Crippen molar-refractivity contribution in [2.24, 2.45) is 0 Å². The SMILES string of the molecule is OCCCNc1nc(NC2CC2)nc2ccccc12. The molecule has 0 radical (unpaired) electrons. The number of nitrogens with one attached hydrogen (secondary N) is 2. The second-order valence-corrected chi connectivity index (χ2v) is 4.84. The van der Waals surface area contributed by atoms with Crippen molar-refractivity contribution in [3.63, 3.8) is 0 Å². The van der Waals surface area contributed by atoms with Crippen molar-refractivity contribution in [1.29, 1.82) is 0 Å². The number of aliphatic hydroxyl groups excluding tert-OH is 1. The quantitative estimate of drug-likeness (QED) is 0.691. The summed E-state index contributed by atoms with van der Waals surface area (Å²) in [7, 11) is 0. The van der Waals surface area contributed by atoms with Gasteiger partial charge in [0.2, 0.25) is 5.95 Å². The number of hydrogen-bond donors (Lipinski definition) is 3. The Kier molecular flexibility index (Phi) is 3.46. The lowest BCUT2D eigenvalue weighted by Crippen LogP contribution is -2.10. The van der Waals surface area contributed by atoms with Gasteiger partial charge in [-0.2, -0.15) is 4.98 Å². The maximum Gasteiger partial charge on any atom is 0.225 e. The molecule has 100 valence electrons. The summed E-state index contributed by atoms with van der Waals surface area (Å²) in [5.74, 6) is 1.52. The normalized spacial score (nSPS) is 14.6. The van der Waals surface area contributed by atoms with Gasteiger partial charge in [0.15, 0.2) is 0 Å². The van der Waals surface area contributed by atoms with E-state index in [-0.39, 0.29) is 6.61 Å². The lowest BCUT2D eigenvalue weighted by molar-refractivity contribution is 0.292. The van der Waals surface area contributed by atoms with Gasteiger partial charge in [-0.25, -0.2) is 4.98 Å².